The molecule has 0 spiro atoms. The highest BCUT2D eigenvalue weighted by Gasteiger charge is 2.37. The minimum Gasteiger partial charge on any atom is -0.454 e. The Morgan fingerprint density at radius 1 is 1.24 bits per heavy atom. The first-order valence-corrected chi connectivity index (χ1v) is 8.05. The molecule has 116 valence electrons. The van der Waals surface area contributed by atoms with Crippen LogP contribution in [0.15, 0.2) is 23.1 Å². The second-order valence-corrected chi connectivity index (χ2v) is 6.76. The van der Waals surface area contributed by atoms with E-state index in [9.17, 15) is 8.42 Å². The topological polar surface area (TPSA) is 74.3 Å². The number of benzene rings is 1. The third-order valence-corrected chi connectivity index (χ3v) is 5.26. The van der Waals surface area contributed by atoms with E-state index in [1.165, 1.54) is 16.4 Å². The first-order chi connectivity index (χ1) is 10.1. The number of methoxy groups -OCH3 is 1. The molecule has 1 aromatic rings. The first-order valence-electron chi connectivity index (χ1n) is 6.61. The Balaban J connectivity index is 1.63. The number of ether oxygens (including phenoxy) is 4. The fourth-order valence-electron chi connectivity index (χ4n) is 2.19. The van der Waals surface area contributed by atoms with Crippen molar-refractivity contribution in [3.8, 4) is 11.5 Å². The second kappa shape index (κ2) is 5.80. The molecule has 8 heteroatoms. The van der Waals surface area contributed by atoms with Crippen LogP contribution < -0.4 is 9.47 Å². The lowest BCUT2D eigenvalue weighted by atomic mass is 10.2. The summed E-state index contributed by atoms with van der Waals surface area (Å²) in [6.07, 6.45) is -0.0658. The van der Waals surface area contributed by atoms with E-state index >= 15 is 0 Å². The van der Waals surface area contributed by atoms with Gasteiger partial charge in [0.25, 0.3) is 0 Å². The molecule has 3 rings (SSSR count). The molecule has 7 nitrogen and oxygen atoms in total. The van der Waals surface area contributed by atoms with Crippen molar-refractivity contribution in [2.24, 2.45) is 0 Å². The molecule has 1 fully saturated rings. The third-order valence-electron chi connectivity index (χ3n) is 3.44. The molecule has 0 amide bonds. The van der Waals surface area contributed by atoms with Crippen LogP contribution >= 0.6 is 0 Å². The van der Waals surface area contributed by atoms with Crippen molar-refractivity contribution in [1.82, 2.24) is 4.31 Å². The highest BCUT2D eigenvalue weighted by molar-refractivity contribution is 7.89. The Hall–Kier alpha value is -1.35. The summed E-state index contributed by atoms with van der Waals surface area (Å²) in [5, 5.41) is 0. The van der Waals surface area contributed by atoms with Crippen molar-refractivity contribution in [3.63, 3.8) is 0 Å². The van der Waals surface area contributed by atoms with Gasteiger partial charge in [0.05, 0.1) is 24.2 Å². The molecule has 21 heavy (non-hydrogen) atoms. The van der Waals surface area contributed by atoms with Gasteiger partial charge in [0.15, 0.2) is 11.5 Å². The Bertz CT molecular complexity index is 611. The lowest BCUT2D eigenvalue weighted by Crippen LogP contribution is -2.54. The van der Waals surface area contributed by atoms with E-state index < -0.39 is 10.0 Å². The molecule has 0 N–H and O–H groups in total. The van der Waals surface area contributed by atoms with Gasteiger partial charge >= 0.3 is 0 Å². The normalized spacial score (nSPS) is 18.7. The summed E-state index contributed by atoms with van der Waals surface area (Å²) in [7, 11) is -1.90. The Kier molecular flexibility index (Phi) is 4.03. The van der Waals surface area contributed by atoms with E-state index in [0.29, 0.717) is 37.8 Å². The zero-order chi connectivity index (χ0) is 14.9. The van der Waals surface area contributed by atoms with Crippen LogP contribution in [0.2, 0.25) is 0 Å². The van der Waals surface area contributed by atoms with Gasteiger partial charge in [-0.25, -0.2) is 8.42 Å². The fraction of sp³-hybridized carbons (Fsp3) is 0.538. The molecule has 0 aromatic heterocycles. The molecule has 0 radical (unpaired) electrons. The summed E-state index contributed by atoms with van der Waals surface area (Å²) in [5.41, 5.74) is 0. The van der Waals surface area contributed by atoms with Gasteiger partial charge in [-0.15, -0.1) is 0 Å². The van der Waals surface area contributed by atoms with Crippen LogP contribution in [-0.2, 0) is 19.5 Å². The van der Waals surface area contributed by atoms with Gasteiger partial charge in [-0.3, -0.25) is 0 Å². The van der Waals surface area contributed by atoms with E-state index in [4.69, 9.17) is 18.9 Å². The van der Waals surface area contributed by atoms with Gasteiger partial charge in [-0.1, -0.05) is 0 Å². The number of rotatable bonds is 6. The van der Waals surface area contributed by atoms with Gasteiger partial charge in [-0.2, -0.15) is 4.31 Å². The largest absolute Gasteiger partial charge is 0.454 e. The average Bonchev–Trinajstić information content (AvgIpc) is 2.88. The SMILES string of the molecule is COCCOC1CN(S(=O)(=O)c2ccc3c(c2)OCO3)C1. The third kappa shape index (κ3) is 2.84. The maximum absolute atomic E-state index is 12.4. The monoisotopic (exact) mass is 315 g/mol. The molecular weight excluding hydrogens is 298 g/mol. The van der Waals surface area contributed by atoms with E-state index in [2.05, 4.69) is 0 Å². The number of hydrogen-bond donors (Lipinski definition) is 0. The number of sulfonamides is 1. The maximum Gasteiger partial charge on any atom is 0.243 e. The van der Waals surface area contributed by atoms with Crippen LogP contribution in [0.4, 0.5) is 0 Å². The van der Waals surface area contributed by atoms with Gasteiger partial charge in [0.2, 0.25) is 16.8 Å². The van der Waals surface area contributed by atoms with Crippen LogP contribution in [0.5, 0.6) is 11.5 Å². The summed E-state index contributed by atoms with van der Waals surface area (Å²) in [4.78, 5) is 0.210. The molecule has 0 unspecified atom stereocenters. The van der Waals surface area contributed by atoms with E-state index in [0.717, 1.165) is 0 Å². The predicted molar refractivity (Wildman–Crippen MR) is 72.9 cm³/mol. The van der Waals surface area contributed by atoms with Crippen LogP contribution in [0.1, 0.15) is 0 Å². The number of fused-ring (bicyclic) bond motifs is 1. The van der Waals surface area contributed by atoms with E-state index in [1.54, 1.807) is 13.2 Å². The minimum atomic E-state index is -3.50. The fourth-order valence-corrected chi connectivity index (χ4v) is 3.71. The van der Waals surface area contributed by atoms with Crippen molar-refractivity contribution in [2.75, 3.05) is 40.2 Å². The lowest BCUT2D eigenvalue weighted by molar-refractivity contribution is -0.0380. The highest BCUT2D eigenvalue weighted by atomic mass is 32.2. The van der Waals surface area contributed by atoms with Crippen molar-refractivity contribution in [3.05, 3.63) is 18.2 Å². The molecule has 2 heterocycles. The summed E-state index contributed by atoms with van der Waals surface area (Å²) in [6, 6.07) is 4.64. The van der Waals surface area contributed by atoms with Gasteiger partial charge < -0.3 is 18.9 Å². The van der Waals surface area contributed by atoms with Crippen molar-refractivity contribution in [2.45, 2.75) is 11.0 Å². The average molecular weight is 315 g/mol. The standard InChI is InChI=1S/C13H17NO6S/c1-17-4-5-18-10-7-14(8-10)21(15,16)11-2-3-12-13(6-11)20-9-19-12/h2-3,6,10H,4-5,7-9H2,1H3. The second-order valence-electron chi connectivity index (χ2n) is 4.82. The van der Waals surface area contributed by atoms with Crippen molar-refractivity contribution in [1.29, 1.82) is 0 Å². The highest BCUT2D eigenvalue weighted by Crippen LogP contribution is 2.35. The van der Waals surface area contributed by atoms with Crippen LogP contribution in [0.3, 0.4) is 0 Å². The summed E-state index contributed by atoms with van der Waals surface area (Å²) in [5.74, 6) is 1.03. The Labute approximate surface area is 123 Å². The quantitative estimate of drug-likeness (QED) is 0.710. The van der Waals surface area contributed by atoms with E-state index in [-0.39, 0.29) is 17.8 Å². The summed E-state index contributed by atoms with van der Waals surface area (Å²) < 4.78 is 47.0. The van der Waals surface area contributed by atoms with Crippen LogP contribution in [0.25, 0.3) is 0 Å². The molecule has 0 aliphatic carbocycles. The predicted octanol–water partition coefficient (Wildman–Crippen LogP) is 0.451. The molecular formula is C13H17NO6S. The van der Waals surface area contributed by atoms with Crippen LogP contribution in [-0.4, -0.2) is 59.0 Å². The maximum atomic E-state index is 12.4. The number of nitrogens with zero attached hydrogens (tertiary/aromatic N) is 1. The lowest BCUT2D eigenvalue weighted by Gasteiger charge is -2.37. The molecule has 1 aromatic carbocycles. The van der Waals surface area contributed by atoms with E-state index in [1.807, 2.05) is 0 Å². The smallest absolute Gasteiger partial charge is 0.243 e. The van der Waals surface area contributed by atoms with Gasteiger partial charge in [-0.05, 0) is 12.1 Å². The van der Waals surface area contributed by atoms with Gasteiger partial charge in [0, 0.05) is 26.3 Å². The summed E-state index contributed by atoms with van der Waals surface area (Å²) >= 11 is 0. The molecule has 0 saturated carbocycles. The molecule has 2 aliphatic rings. The Morgan fingerprint density at radius 3 is 2.76 bits per heavy atom. The zero-order valence-corrected chi connectivity index (χ0v) is 12.5. The van der Waals surface area contributed by atoms with Crippen molar-refractivity contribution >= 4 is 10.0 Å². The Morgan fingerprint density at radius 2 is 2.00 bits per heavy atom. The zero-order valence-electron chi connectivity index (χ0n) is 11.6. The summed E-state index contributed by atoms with van der Waals surface area (Å²) in [6.45, 7) is 1.82. The molecule has 1 saturated heterocycles. The van der Waals surface area contributed by atoms with Crippen LogP contribution in [0, 0.1) is 0 Å². The van der Waals surface area contributed by atoms with Gasteiger partial charge in [0.1, 0.15) is 0 Å². The molecule has 2 aliphatic heterocycles. The molecule has 0 atom stereocenters. The first kappa shape index (κ1) is 14.6. The number of hydrogen-bond acceptors (Lipinski definition) is 6. The van der Waals surface area contributed by atoms with Crippen molar-refractivity contribution < 1.29 is 27.4 Å². The minimum absolute atomic E-state index is 0.0658. The molecule has 0 bridgehead atoms.